The monoisotopic (exact) mass is 256 g/mol. The summed E-state index contributed by atoms with van der Waals surface area (Å²) in [7, 11) is 4.10. The van der Waals surface area contributed by atoms with Crippen LogP contribution in [-0.2, 0) is 26.6 Å². The van der Waals surface area contributed by atoms with Crippen LogP contribution in [0.15, 0.2) is 30.6 Å². The zero-order valence-electron chi connectivity index (χ0n) is 11.6. The van der Waals surface area contributed by atoms with Crippen LogP contribution in [0.4, 0.5) is 5.69 Å². The van der Waals surface area contributed by atoms with Gasteiger partial charge in [0.1, 0.15) is 0 Å². The summed E-state index contributed by atoms with van der Waals surface area (Å²) in [4.78, 5) is 2.32. The highest BCUT2D eigenvalue weighted by atomic mass is 15.2. The Morgan fingerprint density at radius 2 is 2.05 bits per heavy atom. The Morgan fingerprint density at radius 1 is 1.21 bits per heavy atom. The predicted molar refractivity (Wildman–Crippen MR) is 77.2 cm³/mol. The van der Waals surface area contributed by atoms with Crippen molar-refractivity contribution in [2.75, 3.05) is 18.5 Å². The SMILES string of the molecule is CN1CCc2cc(CNCc3cnn(C)c3)ccc21. The van der Waals surface area contributed by atoms with Gasteiger partial charge in [0.25, 0.3) is 0 Å². The van der Waals surface area contributed by atoms with E-state index in [9.17, 15) is 0 Å². The van der Waals surface area contributed by atoms with Gasteiger partial charge in [0, 0.05) is 51.2 Å². The Labute approximate surface area is 114 Å². The molecule has 0 aliphatic carbocycles. The second-order valence-corrected chi connectivity index (χ2v) is 5.26. The first-order valence-corrected chi connectivity index (χ1v) is 6.73. The molecule has 2 heterocycles. The minimum absolute atomic E-state index is 0.866. The zero-order chi connectivity index (χ0) is 13.2. The van der Waals surface area contributed by atoms with Gasteiger partial charge in [0.05, 0.1) is 6.20 Å². The molecule has 0 saturated heterocycles. The van der Waals surface area contributed by atoms with Crippen molar-refractivity contribution in [1.82, 2.24) is 15.1 Å². The fourth-order valence-electron chi connectivity index (χ4n) is 2.64. The van der Waals surface area contributed by atoms with Crippen molar-refractivity contribution in [1.29, 1.82) is 0 Å². The maximum absolute atomic E-state index is 4.17. The van der Waals surface area contributed by atoms with Crippen LogP contribution in [0.3, 0.4) is 0 Å². The lowest BCUT2D eigenvalue weighted by molar-refractivity contribution is 0.691. The summed E-state index contributed by atoms with van der Waals surface area (Å²) in [5.74, 6) is 0. The topological polar surface area (TPSA) is 33.1 Å². The second-order valence-electron chi connectivity index (χ2n) is 5.26. The molecule has 4 nitrogen and oxygen atoms in total. The molecule has 0 bridgehead atoms. The van der Waals surface area contributed by atoms with Crippen LogP contribution < -0.4 is 10.2 Å². The first kappa shape index (κ1) is 12.2. The van der Waals surface area contributed by atoms with Crippen LogP contribution >= 0.6 is 0 Å². The molecule has 1 N–H and O–H groups in total. The van der Waals surface area contributed by atoms with E-state index in [0.29, 0.717) is 0 Å². The quantitative estimate of drug-likeness (QED) is 0.904. The molecule has 0 radical (unpaired) electrons. The lowest BCUT2D eigenvalue weighted by Gasteiger charge is -2.12. The molecule has 1 aromatic heterocycles. The molecule has 0 atom stereocenters. The standard InChI is InChI=1S/C15H20N4/c1-18-6-5-14-7-12(3-4-15(14)18)8-16-9-13-10-17-19(2)11-13/h3-4,7,10-11,16H,5-6,8-9H2,1-2H3. The molecule has 1 aromatic carbocycles. The first-order chi connectivity index (χ1) is 9.22. The second kappa shape index (κ2) is 5.05. The molecular formula is C15H20N4. The smallest absolute Gasteiger partial charge is 0.0534 e. The van der Waals surface area contributed by atoms with Gasteiger partial charge in [-0.1, -0.05) is 12.1 Å². The van der Waals surface area contributed by atoms with Gasteiger partial charge in [0.15, 0.2) is 0 Å². The Hall–Kier alpha value is -1.81. The van der Waals surface area contributed by atoms with Gasteiger partial charge in [-0.15, -0.1) is 0 Å². The largest absolute Gasteiger partial charge is 0.374 e. The van der Waals surface area contributed by atoms with Crippen molar-refractivity contribution in [2.45, 2.75) is 19.5 Å². The molecule has 4 heteroatoms. The zero-order valence-corrected chi connectivity index (χ0v) is 11.6. The number of fused-ring (bicyclic) bond motifs is 1. The van der Waals surface area contributed by atoms with Crippen molar-refractivity contribution >= 4 is 5.69 Å². The van der Waals surface area contributed by atoms with Crippen molar-refractivity contribution < 1.29 is 0 Å². The van der Waals surface area contributed by atoms with Crippen molar-refractivity contribution in [3.8, 4) is 0 Å². The number of hydrogen-bond acceptors (Lipinski definition) is 3. The lowest BCUT2D eigenvalue weighted by atomic mass is 10.1. The molecule has 0 amide bonds. The Balaban J connectivity index is 1.59. The highest BCUT2D eigenvalue weighted by Crippen LogP contribution is 2.27. The highest BCUT2D eigenvalue weighted by molar-refractivity contribution is 5.58. The van der Waals surface area contributed by atoms with E-state index in [1.807, 2.05) is 24.1 Å². The highest BCUT2D eigenvalue weighted by Gasteiger charge is 2.15. The minimum atomic E-state index is 0.866. The third-order valence-electron chi connectivity index (χ3n) is 3.69. The number of rotatable bonds is 4. The average Bonchev–Trinajstić information content (AvgIpc) is 2.97. The van der Waals surface area contributed by atoms with E-state index < -0.39 is 0 Å². The van der Waals surface area contributed by atoms with E-state index >= 15 is 0 Å². The normalized spacial score (nSPS) is 13.9. The maximum Gasteiger partial charge on any atom is 0.0534 e. The fourth-order valence-corrected chi connectivity index (χ4v) is 2.64. The minimum Gasteiger partial charge on any atom is -0.374 e. The third-order valence-corrected chi connectivity index (χ3v) is 3.69. The molecule has 0 fully saturated rings. The molecule has 2 aromatic rings. The molecule has 1 aliphatic rings. The van der Waals surface area contributed by atoms with Gasteiger partial charge in [-0.3, -0.25) is 4.68 Å². The van der Waals surface area contributed by atoms with E-state index in [-0.39, 0.29) is 0 Å². The predicted octanol–water partition coefficient (Wildman–Crippen LogP) is 1.70. The summed E-state index contributed by atoms with van der Waals surface area (Å²) in [6.45, 7) is 2.92. The van der Waals surface area contributed by atoms with E-state index in [1.54, 1.807) is 0 Å². The number of hydrogen-bond donors (Lipinski definition) is 1. The number of benzene rings is 1. The Kier molecular flexibility index (Phi) is 3.25. The van der Waals surface area contributed by atoms with Crippen molar-refractivity contribution in [3.63, 3.8) is 0 Å². The maximum atomic E-state index is 4.17. The number of nitrogens with one attached hydrogen (secondary N) is 1. The third kappa shape index (κ3) is 2.63. The summed E-state index contributed by atoms with van der Waals surface area (Å²) < 4.78 is 1.84. The number of aromatic nitrogens is 2. The first-order valence-electron chi connectivity index (χ1n) is 6.73. The lowest BCUT2D eigenvalue weighted by Crippen LogP contribution is -2.13. The van der Waals surface area contributed by atoms with Crippen LogP contribution in [0.25, 0.3) is 0 Å². The van der Waals surface area contributed by atoms with Crippen LogP contribution in [0, 0.1) is 0 Å². The summed E-state index contributed by atoms with van der Waals surface area (Å²) in [5, 5.41) is 7.64. The number of nitrogens with zero attached hydrogens (tertiary/aromatic N) is 3. The van der Waals surface area contributed by atoms with Gasteiger partial charge < -0.3 is 10.2 Å². The summed E-state index contributed by atoms with van der Waals surface area (Å²) in [5.41, 5.74) is 5.44. The molecular weight excluding hydrogens is 236 g/mol. The van der Waals surface area contributed by atoms with Crippen molar-refractivity contribution in [3.05, 3.63) is 47.3 Å². The molecule has 0 unspecified atom stereocenters. The molecule has 1 aliphatic heterocycles. The van der Waals surface area contributed by atoms with Gasteiger partial charge in [-0.25, -0.2) is 0 Å². The molecule has 19 heavy (non-hydrogen) atoms. The average molecular weight is 256 g/mol. The Bertz CT molecular complexity index is 573. The Morgan fingerprint density at radius 3 is 2.84 bits per heavy atom. The number of anilines is 1. The van der Waals surface area contributed by atoms with Gasteiger partial charge in [0.2, 0.25) is 0 Å². The van der Waals surface area contributed by atoms with Gasteiger partial charge >= 0.3 is 0 Å². The molecule has 0 saturated carbocycles. The van der Waals surface area contributed by atoms with Crippen LogP contribution in [0.5, 0.6) is 0 Å². The summed E-state index contributed by atoms with van der Waals surface area (Å²) in [6.07, 6.45) is 5.12. The summed E-state index contributed by atoms with van der Waals surface area (Å²) in [6, 6.07) is 6.79. The molecule has 100 valence electrons. The number of aryl methyl sites for hydroxylation is 1. The van der Waals surface area contributed by atoms with Crippen LogP contribution in [0.1, 0.15) is 16.7 Å². The molecule has 0 spiro atoms. The molecule has 3 rings (SSSR count). The van der Waals surface area contributed by atoms with Gasteiger partial charge in [-0.2, -0.15) is 5.10 Å². The van der Waals surface area contributed by atoms with E-state index in [2.05, 4.69) is 40.6 Å². The van der Waals surface area contributed by atoms with Crippen LogP contribution in [0.2, 0.25) is 0 Å². The van der Waals surface area contributed by atoms with E-state index in [1.165, 1.54) is 28.8 Å². The van der Waals surface area contributed by atoms with Crippen LogP contribution in [-0.4, -0.2) is 23.4 Å². The van der Waals surface area contributed by atoms with E-state index in [0.717, 1.165) is 19.6 Å². The fraction of sp³-hybridized carbons (Fsp3) is 0.400. The van der Waals surface area contributed by atoms with E-state index in [4.69, 9.17) is 0 Å². The van der Waals surface area contributed by atoms with Gasteiger partial charge in [-0.05, 0) is 23.6 Å². The summed E-state index contributed by atoms with van der Waals surface area (Å²) >= 11 is 0. The van der Waals surface area contributed by atoms with Crippen molar-refractivity contribution in [2.24, 2.45) is 7.05 Å². The number of likely N-dealkylation sites (N-methyl/N-ethyl adjacent to an activating group) is 1.